The topological polar surface area (TPSA) is 58.1 Å². The minimum absolute atomic E-state index is 0.0622. The molecule has 0 amide bonds. The number of hydrogen-bond acceptors (Lipinski definition) is 5. The lowest BCUT2D eigenvalue weighted by Crippen LogP contribution is -2.30. The minimum atomic E-state index is -0.449. The van der Waals surface area contributed by atoms with E-state index in [1.165, 1.54) is 24.6 Å². The molecule has 33 heavy (non-hydrogen) atoms. The van der Waals surface area contributed by atoms with Crippen LogP contribution in [0.25, 0.3) is 11.3 Å². The van der Waals surface area contributed by atoms with Crippen LogP contribution < -0.4 is 10.2 Å². The van der Waals surface area contributed by atoms with E-state index in [0.717, 1.165) is 31.5 Å². The Morgan fingerprint density at radius 2 is 1.88 bits per heavy atom. The van der Waals surface area contributed by atoms with Gasteiger partial charge in [0, 0.05) is 37.0 Å². The molecule has 1 saturated heterocycles. The summed E-state index contributed by atoms with van der Waals surface area (Å²) >= 11 is 0. The monoisotopic (exact) mass is 448 g/mol. The van der Waals surface area contributed by atoms with Crippen molar-refractivity contribution in [3.8, 4) is 11.3 Å². The Bertz CT molecular complexity index is 1190. The smallest absolute Gasteiger partial charge is 0.227 e. The number of benzene rings is 2. The average Bonchev–Trinajstić information content (AvgIpc) is 2.83. The number of piperidine rings is 1. The third-order valence-corrected chi connectivity index (χ3v) is 5.78. The molecule has 0 spiro atoms. The quantitative estimate of drug-likeness (QED) is 0.466. The Hall–Kier alpha value is -3.61. The van der Waals surface area contributed by atoms with Gasteiger partial charge >= 0.3 is 0 Å². The standard InChI is InChI=1S/C26H26F2N4O/c1-3-21(33)14-19-13-18(7-9-22(19)27)25-17(2)16-29-26(31-25)30-20-8-10-23(28)24(15-20)32-11-5-4-6-12-32/h3,7-10,13,15-16H,1,4-6,11-12,14H2,2H3,(H,29,30,31). The van der Waals surface area contributed by atoms with Crippen LogP contribution in [-0.4, -0.2) is 28.8 Å². The fraction of sp³-hybridized carbons (Fsp3) is 0.269. The fourth-order valence-corrected chi connectivity index (χ4v) is 4.01. The van der Waals surface area contributed by atoms with Crippen LogP contribution in [0.1, 0.15) is 30.4 Å². The zero-order chi connectivity index (χ0) is 23.4. The number of aryl methyl sites for hydroxylation is 1. The van der Waals surface area contributed by atoms with Crippen LogP contribution in [0.5, 0.6) is 0 Å². The van der Waals surface area contributed by atoms with Crippen molar-refractivity contribution in [2.24, 2.45) is 0 Å². The van der Waals surface area contributed by atoms with Crippen LogP contribution in [0.4, 0.5) is 26.1 Å². The van der Waals surface area contributed by atoms with E-state index in [4.69, 9.17) is 0 Å². The van der Waals surface area contributed by atoms with Crippen molar-refractivity contribution >= 4 is 23.1 Å². The SMILES string of the molecule is C=CC(=O)Cc1cc(-c2nc(Nc3ccc(F)c(N4CCCCC4)c3)ncc2C)ccc1F. The van der Waals surface area contributed by atoms with Crippen molar-refractivity contribution in [1.29, 1.82) is 0 Å². The lowest BCUT2D eigenvalue weighted by molar-refractivity contribution is -0.114. The van der Waals surface area contributed by atoms with E-state index in [-0.39, 0.29) is 23.6 Å². The van der Waals surface area contributed by atoms with E-state index in [1.807, 2.05) is 6.92 Å². The van der Waals surface area contributed by atoms with Gasteiger partial charge in [0.25, 0.3) is 0 Å². The molecule has 1 aromatic heterocycles. The molecule has 1 aliphatic rings. The number of anilines is 3. The van der Waals surface area contributed by atoms with Crippen molar-refractivity contribution in [3.63, 3.8) is 0 Å². The summed E-state index contributed by atoms with van der Waals surface area (Å²) in [4.78, 5) is 22.8. The van der Waals surface area contributed by atoms with E-state index >= 15 is 0 Å². The number of carbonyl (C=O) groups is 1. The summed E-state index contributed by atoms with van der Waals surface area (Å²) in [6.45, 7) is 6.99. The molecule has 0 radical (unpaired) electrons. The van der Waals surface area contributed by atoms with Crippen LogP contribution in [0.3, 0.4) is 0 Å². The molecular weight excluding hydrogens is 422 g/mol. The number of carbonyl (C=O) groups excluding carboxylic acids is 1. The van der Waals surface area contributed by atoms with Crippen molar-refractivity contribution in [3.05, 3.63) is 78.0 Å². The molecule has 0 aliphatic carbocycles. The van der Waals surface area contributed by atoms with Gasteiger partial charge in [0.05, 0.1) is 11.4 Å². The summed E-state index contributed by atoms with van der Waals surface area (Å²) < 4.78 is 28.7. The first-order valence-corrected chi connectivity index (χ1v) is 11.0. The van der Waals surface area contributed by atoms with Crippen LogP contribution in [0.15, 0.2) is 55.3 Å². The molecule has 2 aromatic carbocycles. The summed E-state index contributed by atoms with van der Waals surface area (Å²) in [6, 6.07) is 9.47. The van der Waals surface area contributed by atoms with Crippen molar-refractivity contribution in [1.82, 2.24) is 9.97 Å². The van der Waals surface area contributed by atoms with Crippen LogP contribution in [-0.2, 0) is 11.2 Å². The molecule has 3 aromatic rings. The number of nitrogens with one attached hydrogen (secondary N) is 1. The number of nitrogens with zero attached hydrogens (tertiary/aromatic N) is 3. The van der Waals surface area contributed by atoms with E-state index in [0.29, 0.717) is 28.6 Å². The highest BCUT2D eigenvalue weighted by Crippen LogP contribution is 2.29. The number of aromatic nitrogens is 2. The van der Waals surface area contributed by atoms with Gasteiger partial charge in [-0.2, -0.15) is 0 Å². The Labute approximate surface area is 192 Å². The summed E-state index contributed by atoms with van der Waals surface area (Å²) in [5.74, 6) is -0.607. The second kappa shape index (κ2) is 9.90. The van der Waals surface area contributed by atoms with E-state index in [1.54, 1.807) is 30.5 Å². The number of hydrogen-bond donors (Lipinski definition) is 1. The maximum Gasteiger partial charge on any atom is 0.227 e. The number of allylic oxidation sites excluding steroid dienone is 1. The third-order valence-electron chi connectivity index (χ3n) is 5.78. The first kappa shape index (κ1) is 22.6. The number of ketones is 1. The summed E-state index contributed by atoms with van der Waals surface area (Å²) in [7, 11) is 0. The van der Waals surface area contributed by atoms with E-state index in [2.05, 4.69) is 26.8 Å². The molecule has 1 fully saturated rings. The third kappa shape index (κ3) is 5.25. The largest absolute Gasteiger partial charge is 0.369 e. The van der Waals surface area contributed by atoms with Gasteiger partial charge in [-0.15, -0.1) is 0 Å². The van der Waals surface area contributed by atoms with Crippen molar-refractivity contribution in [2.75, 3.05) is 23.3 Å². The highest BCUT2D eigenvalue weighted by atomic mass is 19.1. The Balaban J connectivity index is 1.61. The molecule has 2 heterocycles. The first-order chi connectivity index (χ1) is 15.9. The summed E-state index contributed by atoms with van der Waals surface area (Å²) in [6.07, 6.45) is 6.08. The molecule has 1 N–H and O–H groups in total. The zero-order valence-corrected chi connectivity index (χ0v) is 18.6. The Kier molecular flexibility index (Phi) is 6.77. The molecule has 5 nitrogen and oxygen atoms in total. The molecule has 0 bridgehead atoms. The maximum absolute atomic E-state index is 14.5. The number of rotatable bonds is 7. The molecule has 0 atom stereocenters. The first-order valence-electron chi connectivity index (χ1n) is 11.0. The van der Waals surface area contributed by atoms with Gasteiger partial charge in [0.15, 0.2) is 5.78 Å². The predicted octanol–water partition coefficient (Wildman–Crippen LogP) is 5.76. The minimum Gasteiger partial charge on any atom is -0.369 e. The maximum atomic E-state index is 14.5. The Morgan fingerprint density at radius 3 is 2.64 bits per heavy atom. The van der Waals surface area contributed by atoms with Crippen molar-refractivity contribution < 1.29 is 13.6 Å². The van der Waals surface area contributed by atoms with Gasteiger partial charge in [0.2, 0.25) is 5.95 Å². The highest BCUT2D eigenvalue weighted by molar-refractivity contribution is 5.91. The molecule has 1 aliphatic heterocycles. The Morgan fingerprint density at radius 1 is 1.12 bits per heavy atom. The lowest BCUT2D eigenvalue weighted by atomic mass is 10.0. The second-order valence-corrected chi connectivity index (χ2v) is 8.22. The van der Waals surface area contributed by atoms with E-state index in [9.17, 15) is 13.6 Å². The number of halogens is 2. The van der Waals surface area contributed by atoms with Crippen LogP contribution in [0.2, 0.25) is 0 Å². The second-order valence-electron chi connectivity index (χ2n) is 8.22. The highest BCUT2D eigenvalue weighted by Gasteiger charge is 2.16. The van der Waals surface area contributed by atoms with Crippen LogP contribution >= 0.6 is 0 Å². The van der Waals surface area contributed by atoms with Crippen molar-refractivity contribution in [2.45, 2.75) is 32.6 Å². The van der Waals surface area contributed by atoms with Gasteiger partial charge in [-0.3, -0.25) is 4.79 Å². The molecule has 0 unspecified atom stereocenters. The lowest BCUT2D eigenvalue weighted by Gasteiger charge is -2.29. The predicted molar refractivity (Wildman–Crippen MR) is 127 cm³/mol. The van der Waals surface area contributed by atoms with Gasteiger partial charge in [-0.05, 0) is 79.8 Å². The molecule has 170 valence electrons. The van der Waals surface area contributed by atoms with Crippen LogP contribution in [0, 0.1) is 18.6 Å². The van der Waals surface area contributed by atoms with E-state index < -0.39 is 5.82 Å². The fourth-order valence-electron chi connectivity index (χ4n) is 4.01. The van der Waals surface area contributed by atoms with Gasteiger partial charge < -0.3 is 10.2 Å². The molecular formula is C26H26F2N4O. The molecule has 7 heteroatoms. The normalized spacial score (nSPS) is 13.6. The molecule has 4 rings (SSSR count). The molecule has 0 saturated carbocycles. The zero-order valence-electron chi connectivity index (χ0n) is 18.6. The summed E-state index contributed by atoms with van der Waals surface area (Å²) in [5, 5.41) is 3.16. The van der Waals surface area contributed by atoms with Gasteiger partial charge in [-0.1, -0.05) is 6.58 Å². The van der Waals surface area contributed by atoms with Gasteiger partial charge in [0.1, 0.15) is 11.6 Å². The van der Waals surface area contributed by atoms with Gasteiger partial charge in [-0.25, -0.2) is 18.7 Å². The average molecular weight is 449 g/mol. The summed E-state index contributed by atoms with van der Waals surface area (Å²) in [5.41, 5.74) is 3.65.